The molecule has 1 amide bonds. The van der Waals surface area contributed by atoms with Gasteiger partial charge in [-0.1, -0.05) is 49.2 Å². The Morgan fingerprint density at radius 3 is 2.54 bits per heavy atom. The number of benzene rings is 1. The Morgan fingerprint density at radius 2 is 1.82 bits per heavy atom. The van der Waals surface area contributed by atoms with Crippen LogP contribution in [0.25, 0.3) is 17.1 Å². The monoisotopic (exact) mass is 395 g/mol. The van der Waals surface area contributed by atoms with Crippen molar-refractivity contribution in [2.75, 3.05) is 12.3 Å². The molecule has 0 spiro atoms. The second kappa shape index (κ2) is 10.0. The standard InChI is InChI=1S/C21H25N5OS/c1-3-4-5-12-23-19(27)15-28-21-25-24-20(17-10-13-22-14-11-17)26(21)18-8-6-16(2)7-9-18/h6-11,13-14H,3-5,12,15H2,1-2H3,(H,23,27). The number of unbranched alkanes of at least 4 members (excludes halogenated alkanes) is 2. The highest BCUT2D eigenvalue weighted by atomic mass is 32.2. The van der Waals surface area contributed by atoms with E-state index in [1.54, 1.807) is 12.4 Å². The maximum Gasteiger partial charge on any atom is 0.230 e. The molecule has 0 saturated heterocycles. The van der Waals surface area contributed by atoms with E-state index in [2.05, 4.69) is 46.5 Å². The molecule has 0 atom stereocenters. The van der Waals surface area contributed by atoms with Crippen LogP contribution in [0.15, 0.2) is 53.9 Å². The van der Waals surface area contributed by atoms with Crippen molar-refractivity contribution < 1.29 is 4.79 Å². The predicted molar refractivity (Wildman–Crippen MR) is 113 cm³/mol. The van der Waals surface area contributed by atoms with E-state index >= 15 is 0 Å². The number of thioether (sulfide) groups is 1. The van der Waals surface area contributed by atoms with Gasteiger partial charge in [0.25, 0.3) is 0 Å². The topological polar surface area (TPSA) is 72.7 Å². The van der Waals surface area contributed by atoms with Gasteiger partial charge in [0.15, 0.2) is 11.0 Å². The summed E-state index contributed by atoms with van der Waals surface area (Å²) in [6.45, 7) is 4.92. The number of aryl methyl sites for hydroxylation is 1. The molecule has 1 N–H and O–H groups in total. The van der Waals surface area contributed by atoms with Crippen molar-refractivity contribution in [3.63, 3.8) is 0 Å². The Morgan fingerprint density at radius 1 is 1.07 bits per heavy atom. The quantitative estimate of drug-likeness (QED) is 0.437. The van der Waals surface area contributed by atoms with Crippen molar-refractivity contribution in [2.24, 2.45) is 0 Å². The smallest absolute Gasteiger partial charge is 0.230 e. The Bertz CT molecular complexity index is 893. The van der Waals surface area contributed by atoms with Crippen LogP contribution in [-0.2, 0) is 4.79 Å². The first-order valence-corrected chi connectivity index (χ1v) is 10.5. The van der Waals surface area contributed by atoms with Gasteiger partial charge in [0.1, 0.15) is 0 Å². The molecule has 6 nitrogen and oxygen atoms in total. The zero-order chi connectivity index (χ0) is 19.8. The largest absolute Gasteiger partial charge is 0.355 e. The molecule has 0 saturated carbocycles. The first-order chi connectivity index (χ1) is 13.7. The lowest BCUT2D eigenvalue weighted by atomic mass is 10.2. The zero-order valence-corrected chi connectivity index (χ0v) is 17.1. The Balaban J connectivity index is 1.80. The summed E-state index contributed by atoms with van der Waals surface area (Å²) in [5, 5.41) is 12.4. The third kappa shape index (κ3) is 5.19. The molecule has 0 radical (unpaired) electrons. The highest BCUT2D eigenvalue weighted by molar-refractivity contribution is 7.99. The molecule has 0 aliphatic rings. The predicted octanol–water partition coefficient (Wildman–Crippen LogP) is 4.04. The van der Waals surface area contributed by atoms with Crippen molar-refractivity contribution in [2.45, 2.75) is 38.3 Å². The molecule has 28 heavy (non-hydrogen) atoms. The van der Waals surface area contributed by atoms with E-state index in [1.165, 1.54) is 17.3 Å². The number of hydrogen-bond donors (Lipinski definition) is 1. The number of carbonyl (C=O) groups excluding carboxylic acids is 1. The summed E-state index contributed by atoms with van der Waals surface area (Å²) in [7, 11) is 0. The SMILES string of the molecule is CCCCCNC(=O)CSc1nnc(-c2ccncc2)n1-c1ccc(C)cc1. The van der Waals surface area contributed by atoms with E-state index in [-0.39, 0.29) is 5.91 Å². The van der Waals surface area contributed by atoms with Crippen LogP contribution in [0.4, 0.5) is 0 Å². The summed E-state index contributed by atoms with van der Waals surface area (Å²) in [5.74, 6) is 1.06. The van der Waals surface area contributed by atoms with E-state index in [4.69, 9.17) is 0 Å². The third-order valence-corrected chi connectivity index (χ3v) is 5.23. The maximum absolute atomic E-state index is 12.2. The molecule has 0 aliphatic carbocycles. The fourth-order valence-corrected chi connectivity index (χ4v) is 3.54. The first-order valence-electron chi connectivity index (χ1n) is 9.51. The molecule has 3 rings (SSSR count). The number of carbonyl (C=O) groups is 1. The van der Waals surface area contributed by atoms with Crippen molar-refractivity contribution in [3.8, 4) is 17.1 Å². The summed E-state index contributed by atoms with van der Waals surface area (Å²) in [5.41, 5.74) is 3.08. The van der Waals surface area contributed by atoms with Crippen molar-refractivity contribution in [1.82, 2.24) is 25.1 Å². The molecule has 0 fully saturated rings. The van der Waals surface area contributed by atoms with Gasteiger partial charge in [0.05, 0.1) is 5.75 Å². The lowest BCUT2D eigenvalue weighted by Gasteiger charge is -2.11. The number of aromatic nitrogens is 4. The lowest BCUT2D eigenvalue weighted by Crippen LogP contribution is -2.26. The van der Waals surface area contributed by atoms with E-state index in [9.17, 15) is 4.79 Å². The van der Waals surface area contributed by atoms with Gasteiger partial charge >= 0.3 is 0 Å². The normalized spacial score (nSPS) is 10.8. The van der Waals surface area contributed by atoms with Crippen LogP contribution in [0.3, 0.4) is 0 Å². The summed E-state index contributed by atoms with van der Waals surface area (Å²) >= 11 is 1.40. The van der Waals surface area contributed by atoms with Crippen molar-refractivity contribution >= 4 is 17.7 Å². The molecule has 0 aliphatic heterocycles. The first kappa shape index (κ1) is 20.1. The second-order valence-electron chi connectivity index (χ2n) is 6.56. The lowest BCUT2D eigenvalue weighted by molar-refractivity contribution is -0.118. The zero-order valence-electron chi connectivity index (χ0n) is 16.3. The van der Waals surface area contributed by atoms with Gasteiger partial charge in [0.2, 0.25) is 5.91 Å². The van der Waals surface area contributed by atoms with Gasteiger partial charge in [-0.05, 0) is 37.6 Å². The van der Waals surface area contributed by atoms with Crippen LogP contribution in [0.5, 0.6) is 0 Å². The van der Waals surface area contributed by atoms with Gasteiger partial charge in [-0.3, -0.25) is 14.3 Å². The molecule has 3 aromatic rings. The van der Waals surface area contributed by atoms with Crippen LogP contribution in [0.2, 0.25) is 0 Å². The Labute approximate surface area is 169 Å². The second-order valence-corrected chi connectivity index (χ2v) is 7.50. The summed E-state index contributed by atoms with van der Waals surface area (Å²) in [6.07, 6.45) is 6.76. The minimum Gasteiger partial charge on any atom is -0.355 e. The van der Waals surface area contributed by atoms with Crippen LogP contribution in [-0.4, -0.2) is 38.0 Å². The van der Waals surface area contributed by atoms with Gasteiger partial charge in [-0.15, -0.1) is 10.2 Å². The Hall–Kier alpha value is -2.67. The number of nitrogens with zero attached hydrogens (tertiary/aromatic N) is 4. The highest BCUT2D eigenvalue weighted by Gasteiger charge is 2.17. The van der Waals surface area contributed by atoms with E-state index in [1.807, 2.05) is 28.8 Å². The van der Waals surface area contributed by atoms with E-state index in [0.29, 0.717) is 10.9 Å². The van der Waals surface area contributed by atoms with Crippen LogP contribution < -0.4 is 5.32 Å². The summed E-state index contributed by atoms with van der Waals surface area (Å²) < 4.78 is 1.99. The van der Waals surface area contributed by atoms with Crippen LogP contribution >= 0.6 is 11.8 Å². The van der Waals surface area contributed by atoms with Gasteiger partial charge < -0.3 is 5.32 Å². The summed E-state index contributed by atoms with van der Waals surface area (Å²) in [6, 6.07) is 12.0. The molecule has 0 unspecified atom stereocenters. The summed E-state index contributed by atoms with van der Waals surface area (Å²) in [4.78, 5) is 16.2. The number of pyridine rings is 1. The van der Waals surface area contributed by atoms with Crippen LogP contribution in [0, 0.1) is 6.92 Å². The number of nitrogens with one attached hydrogen (secondary N) is 1. The molecular weight excluding hydrogens is 370 g/mol. The molecule has 7 heteroatoms. The van der Waals surface area contributed by atoms with E-state index in [0.717, 1.165) is 42.9 Å². The van der Waals surface area contributed by atoms with Gasteiger partial charge in [-0.25, -0.2) is 0 Å². The van der Waals surface area contributed by atoms with Gasteiger partial charge in [-0.2, -0.15) is 0 Å². The fraction of sp³-hybridized carbons (Fsp3) is 0.333. The Kier molecular flexibility index (Phi) is 7.19. The minimum atomic E-state index is 0.0185. The average molecular weight is 396 g/mol. The third-order valence-electron chi connectivity index (χ3n) is 4.30. The van der Waals surface area contributed by atoms with E-state index < -0.39 is 0 Å². The van der Waals surface area contributed by atoms with Gasteiger partial charge in [0, 0.05) is 30.2 Å². The number of hydrogen-bond acceptors (Lipinski definition) is 5. The molecule has 0 bridgehead atoms. The molecule has 1 aromatic carbocycles. The van der Waals surface area contributed by atoms with Crippen molar-refractivity contribution in [3.05, 3.63) is 54.4 Å². The average Bonchev–Trinajstić information content (AvgIpc) is 3.15. The fourth-order valence-electron chi connectivity index (χ4n) is 2.76. The number of rotatable bonds is 9. The molecule has 2 aromatic heterocycles. The molecular formula is C21H25N5OS. The number of amides is 1. The van der Waals surface area contributed by atoms with Crippen molar-refractivity contribution in [1.29, 1.82) is 0 Å². The molecule has 146 valence electrons. The minimum absolute atomic E-state index is 0.0185. The maximum atomic E-state index is 12.2. The van der Waals surface area contributed by atoms with Crippen LogP contribution in [0.1, 0.15) is 31.7 Å². The molecule has 2 heterocycles. The highest BCUT2D eigenvalue weighted by Crippen LogP contribution is 2.27.